The van der Waals surface area contributed by atoms with E-state index in [1.54, 1.807) is 17.4 Å². The quantitative estimate of drug-likeness (QED) is 0.442. The van der Waals surface area contributed by atoms with Gasteiger partial charge in [-0.25, -0.2) is 9.78 Å². The highest BCUT2D eigenvalue weighted by molar-refractivity contribution is 7.18. The zero-order chi connectivity index (χ0) is 19.3. The van der Waals surface area contributed by atoms with Crippen LogP contribution < -0.4 is 5.63 Å². The Morgan fingerprint density at radius 1 is 1.21 bits per heavy atom. The summed E-state index contributed by atoms with van der Waals surface area (Å²) in [6, 6.07) is 14.5. The second-order valence-electron chi connectivity index (χ2n) is 7.62. The van der Waals surface area contributed by atoms with Crippen molar-refractivity contribution in [3.63, 3.8) is 0 Å². The first-order valence-corrected chi connectivity index (χ1v) is 10.5. The SMILES string of the molecule is Cc1ccc2c(CN3CCCC3c3nc4ccccc4s3)cc(=O)oc2c1C. The van der Waals surface area contributed by atoms with Crippen molar-refractivity contribution in [3.8, 4) is 0 Å². The minimum absolute atomic E-state index is 0.271. The van der Waals surface area contributed by atoms with Crippen molar-refractivity contribution in [2.24, 2.45) is 0 Å². The zero-order valence-electron chi connectivity index (χ0n) is 16.1. The monoisotopic (exact) mass is 390 g/mol. The van der Waals surface area contributed by atoms with Crippen LogP contribution in [0.15, 0.2) is 51.7 Å². The summed E-state index contributed by atoms with van der Waals surface area (Å²) in [7, 11) is 0. The summed E-state index contributed by atoms with van der Waals surface area (Å²) in [5.74, 6) is 0. The van der Waals surface area contributed by atoms with Crippen molar-refractivity contribution in [1.82, 2.24) is 9.88 Å². The molecule has 2 aromatic heterocycles. The molecule has 0 spiro atoms. The van der Waals surface area contributed by atoms with Gasteiger partial charge in [0, 0.05) is 18.0 Å². The standard InChI is InChI=1S/C23H22N2O2S/c1-14-9-10-17-16(12-21(26)27-22(17)15(14)2)13-25-11-5-7-19(25)23-24-18-6-3-4-8-20(18)28-23/h3-4,6,8-10,12,19H,5,7,11,13H2,1-2H3. The summed E-state index contributed by atoms with van der Waals surface area (Å²) in [6.07, 6.45) is 2.26. The van der Waals surface area contributed by atoms with Crippen LogP contribution >= 0.6 is 11.3 Å². The van der Waals surface area contributed by atoms with Crippen molar-refractivity contribution in [2.45, 2.75) is 39.3 Å². The fourth-order valence-electron chi connectivity index (χ4n) is 4.20. The van der Waals surface area contributed by atoms with Crippen molar-refractivity contribution < 1.29 is 4.42 Å². The van der Waals surface area contributed by atoms with Gasteiger partial charge in [0.25, 0.3) is 0 Å². The Morgan fingerprint density at radius 3 is 2.93 bits per heavy atom. The maximum atomic E-state index is 12.2. The number of aryl methyl sites for hydroxylation is 2. The maximum Gasteiger partial charge on any atom is 0.336 e. The highest BCUT2D eigenvalue weighted by atomic mass is 32.1. The molecule has 4 aromatic rings. The number of rotatable bonds is 3. The van der Waals surface area contributed by atoms with Gasteiger partial charge >= 0.3 is 5.63 Å². The lowest BCUT2D eigenvalue weighted by Crippen LogP contribution is -2.23. The van der Waals surface area contributed by atoms with Crippen LogP contribution in [0.25, 0.3) is 21.2 Å². The number of likely N-dealkylation sites (tertiary alicyclic amines) is 1. The molecule has 142 valence electrons. The van der Waals surface area contributed by atoms with Gasteiger partial charge in [0.2, 0.25) is 0 Å². The molecule has 0 aliphatic carbocycles. The number of fused-ring (bicyclic) bond motifs is 2. The number of hydrogen-bond acceptors (Lipinski definition) is 5. The first-order chi connectivity index (χ1) is 13.6. The van der Waals surface area contributed by atoms with E-state index >= 15 is 0 Å². The third kappa shape index (κ3) is 2.95. The van der Waals surface area contributed by atoms with E-state index in [0.717, 1.165) is 59.1 Å². The summed E-state index contributed by atoms with van der Waals surface area (Å²) >= 11 is 1.79. The van der Waals surface area contributed by atoms with Gasteiger partial charge in [0.05, 0.1) is 16.3 Å². The molecule has 1 aliphatic heterocycles. The van der Waals surface area contributed by atoms with Gasteiger partial charge in [-0.2, -0.15) is 0 Å². The average molecular weight is 391 g/mol. The first-order valence-electron chi connectivity index (χ1n) is 9.72. The molecule has 0 amide bonds. The van der Waals surface area contributed by atoms with E-state index in [-0.39, 0.29) is 5.63 Å². The van der Waals surface area contributed by atoms with Crippen LogP contribution in [-0.2, 0) is 6.54 Å². The normalized spacial score (nSPS) is 17.7. The number of hydrogen-bond donors (Lipinski definition) is 0. The van der Waals surface area contributed by atoms with E-state index in [1.807, 2.05) is 19.9 Å². The Morgan fingerprint density at radius 2 is 2.07 bits per heavy atom. The van der Waals surface area contributed by atoms with Crippen LogP contribution in [0.2, 0.25) is 0 Å². The predicted octanol–water partition coefficient (Wildman–Crippen LogP) is 5.36. The Bertz CT molecular complexity index is 1210. The minimum Gasteiger partial charge on any atom is -0.422 e. The average Bonchev–Trinajstić information content (AvgIpc) is 3.31. The molecule has 5 heteroatoms. The molecule has 0 radical (unpaired) electrons. The number of thiazole rings is 1. The Balaban J connectivity index is 1.53. The number of aromatic nitrogens is 1. The third-order valence-electron chi connectivity index (χ3n) is 5.85. The minimum atomic E-state index is -0.271. The van der Waals surface area contributed by atoms with Crippen molar-refractivity contribution >= 4 is 32.5 Å². The Labute approximate surface area is 167 Å². The fourth-order valence-corrected chi connectivity index (χ4v) is 5.34. The molecule has 1 aliphatic rings. The first kappa shape index (κ1) is 17.6. The zero-order valence-corrected chi connectivity index (χ0v) is 16.9. The molecule has 0 saturated carbocycles. The van der Waals surface area contributed by atoms with E-state index in [4.69, 9.17) is 9.40 Å². The van der Waals surface area contributed by atoms with Crippen molar-refractivity contribution in [3.05, 3.63) is 74.6 Å². The molecule has 1 atom stereocenters. The highest BCUT2D eigenvalue weighted by Crippen LogP contribution is 2.38. The Kier molecular flexibility index (Phi) is 4.29. The lowest BCUT2D eigenvalue weighted by atomic mass is 10.0. The van der Waals surface area contributed by atoms with E-state index in [9.17, 15) is 4.79 Å². The van der Waals surface area contributed by atoms with Gasteiger partial charge in [0.15, 0.2) is 0 Å². The van der Waals surface area contributed by atoms with E-state index < -0.39 is 0 Å². The summed E-state index contributed by atoms with van der Waals surface area (Å²) in [5, 5.41) is 2.22. The second-order valence-corrected chi connectivity index (χ2v) is 8.69. The van der Waals surface area contributed by atoms with Crippen LogP contribution in [0.1, 0.15) is 40.6 Å². The van der Waals surface area contributed by atoms with Crippen LogP contribution in [0.3, 0.4) is 0 Å². The number of benzene rings is 2. The lowest BCUT2D eigenvalue weighted by molar-refractivity contribution is 0.248. The van der Waals surface area contributed by atoms with Crippen LogP contribution in [0.4, 0.5) is 0 Å². The van der Waals surface area contributed by atoms with E-state index in [1.165, 1.54) is 9.71 Å². The van der Waals surface area contributed by atoms with Crippen molar-refractivity contribution in [1.29, 1.82) is 0 Å². The van der Waals surface area contributed by atoms with Gasteiger partial charge < -0.3 is 4.42 Å². The van der Waals surface area contributed by atoms with Crippen molar-refractivity contribution in [2.75, 3.05) is 6.54 Å². The van der Waals surface area contributed by atoms with Gasteiger partial charge in [0.1, 0.15) is 10.6 Å². The number of para-hydroxylation sites is 1. The molecular formula is C23H22N2O2S. The Hall–Kier alpha value is -2.50. The highest BCUT2D eigenvalue weighted by Gasteiger charge is 2.29. The molecular weight excluding hydrogens is 368 g/mol. The molecule has 28 heavy (non-hydrogen) atoms. The molecule has 1 saturated heterocycles. The largest absolute Gasteiger partial charge is 0.422 e. The molecule has 3 heterocycles. The van der Waals surface area contributed by atoms with E-state index in [0.29, 0.717) is 6.04 Å². The fraction of sp³-hybridized carbons (Fsp3) is 0.304. The maximum absolute atomic E-state index is 12.2. The number of nitrogens with zero attached hydrogens (tertiary/aromatic N) is 2. The molecule has 1 unspecified atom stereocenters. The smallest absolute Gasteiger partial charge is 0.336 e. The topological polar surface area (TPSA) is 46.3 Å². The summed E-state index contributed by atoms with van der Waals surface area (Å²) in [4.78, 5) is 19.6. The lowest BCUT2D eigenvalue weighted by Gasteiger charge is -2.23. The van der Waals surface area contributed by atoms with Crippen LogP contribution in [0.5, 0.6) is 0 Å². The molecule has 2 aromatic carbocycles. The molecule has 0 N–H and O–H groups in total. The van der Waals surface area contributed by atoms with Crippen LogP contribution in [0, 0.1) is 13.8 Å². The third-order valence-corrected chi connectivity index (χ3v) is 6.99. The molecule has 4 nitrogen and oxygen atoms in total. The van der Waals surface area contributed by atoms with Gasteiger partial charge in [-0.1, -0.05) is 24.3 Å². The predicted molar refractivity (Wildman–Crippen MR) is 114 cm³/mol. The summed E-state index contributed by atoms with van der Waals surface area (Å²) in [6.45, 7) is 5.83. The van der Waals surface area contributed by atoms with Gasteiger partial charge in [-0.15, -0.1) is 11.3 Å². The summed E-state index contributed by atoms with van der Waals surface area (Å²) < 4.78 is 6.78. The van der Waals surface area contributed by atoms with Gasteiger partial charge in [-0.3, -0.25) is 4.90 Å². The molecule has 5 rings (SSSR count). The van der Waals surface area contributed by atoms with Crippen LogP contribution in [-0.4, -0.2) is 16.4 Å². The second kappa shape index (κ2) is 6.83. The summed E-state index contributed by atoms with van der Waals surface area (Å²) in [5.41, 5.74) is 4.75. The van der Waals surface area contributed by atoms with Gasteiger partial charge in [-0.05, 0) is 62.1 Å². The molecule has 0 bridgehead atoms. The molecule has 1 fully saturated rings. The van der Waals surface area contributed by atoms with E-state index in [2.05, 4.69) is 35.2 Å².